The van der Waals surface area contributed by atoms with E-state index >= 15 is 0 Å². The van der Waals surface area contributed by atoms with Crippen LogP contribution in [0.5, 0.6) is 0 Å². The molecule has 298 valence electrons. The van der Waals surface area contributed by atoms with E-state index in [-0.39, 0.29) is 30.3 Å². The number of aromatic nitrogens is 4. The second-order valence-corrected chi connectivity index (χ2v) is 14.3. The third-order valence-electron chi connectivity index (χ3n) is 9.60. The Kier molecular flexibility index (Phi) is 14.4. The molecule has 2 aromatic heterocycles. The molecule has 6 rings (SSSR count). The largest absolute Gasteiger partial charge is 0.453 e. The molecule has 1 aliphatic heterocycles. The van der Waals surface area contributed by atoms with Crippen molar-refractivity contribution in [3.05, 3.63) is 72.4 Å². The molecular formula is C42H54N8O6. The van der Waals surface area contributed by atoms with Crippen LogP contribution in [0.2, 0.25) is 0 Å². The SMILES string of the molecule is CCC.COC(=O)NCC(=O)NCCCCc1ncc(-c2ccc3cc(-c4ccc5nc(C6CCCN6C(=O)C(NC(=O)OC)C(C)C)[nH]c5c4)ccc3c2)[nH]1. The fourth-order valence-corrected chi connectivity index (χ4v) is 6.72. The van der Waals surface area contributed by atoms with Crippen LogP contribution in [-0.2, 0) is 25.5 Å². The van der Waals surface area contributed by atoms with Crippen molar-refractivity contribution in [2.45, 2.75) is 78.3 Å². The maximum atomic E-state index is 13.6. The summed E-state index contributed by atoms with van der Waals surface area (Å²) in [6, 6.07) is 18.1. The number of carbonyl (C=O) groups excluding carboxylic acids is 4. The van der Waals surface area contributed by atoms with Gasteiger partial charge in [-0.2, -0.15) is 0 Å². The number of carbonyl (C=O) groups is 4. The first-order chi connectivity index (χ1) is 27.0. The van der Waals surface area contributed by atoms with Gasteiger partial charge in [0, 0.05) is 25.1 Å². The summed E-state index contributed by atoms with van der Waals surface area (Å²) in [6.07, 6.45) is 5.86. The van der Waals surface area contributed by atoms with E-state index in [4.69, 9.17) is 9.72 Å². The lowest BCUT2D eigenvalue weighted by atomic mass is 9.99. The van der Waals surface area contributed by atoms with Crippen LogP contribution >= 0.6 is 0 Å². The summed E-state index contributed by atoms with van der Waals surface area (Å²) in [7, 11) is 2.54. The lowest BCUT2D eigenvalue weighted by Gasteiger charge is -2.29. The van der Waals surface area contributed by atoms with Crippen molar-refractivity contribution in [2.24, 2.45) is 5.92 Å². The fraction of sp³-hybridized carbons (Fsp3) is 0.429. The number of imidazole rings is 2. The quantitative estimate of drug-likeness (QED) is 0.0792. The Bertz CT molecular complexity index is 2120. The van der Waals surface area contributed by atoms with Crippen LogP contribution in [0.1, 0.15) is 77.5 Å². The molecule has 2 unspecified atom stereocenters. The van der Waals surface area contributed by atoms with Crippen LogP contribution in [0.4, 0.5) is 9.59 Å². The van der Waals surface area contributed by atoms with Crippen molar-refractivity contribution < 1.29 is 28.7 Å². The molecule has 2 atom stereocenters. The number of likely N-dealkylation sites (tertiary alicyclic amines) is 1. The highest BCUT2D eigenvalue weighted by Crippen LogP contribution is 2.34. The molecule has 1 fully saturated rings. The molecule has 5 aromatic rings. The maximum Gasteiger partial charge on any atom is 0.407 e. The topological polar surface area (TPSA) is 183 Å². The highest BCUT2D eigenvalue weighted by Gasteiger charge is 2.37. The number of H-pyrrole nitrogens is 2. The van der Waals surface area contributed by atoms with Gasteiger partial charge in [-0.3, -0.25) is 9.59 Å². The van der Waals surface area contributed by atoms with Gasteiger partial charge in [0.2, 0.25) is 11.8 Å². The number of methoxy groups -OCH3 is 2. The zero-order chi connectivity index (χ0) is 40.2. The number of benzene rings is 3. The lowest BCUT2D eigenvalue weighted by molar-refractivity contribution is -0.135. The summed E-state index contributed by atoms with van der Waals surface area (Å²) >= 11 is 0. The van der Waals surface area contributed by atoms with Gasteiger partial charge in [-0.15, -0.1) is 0 Å². The van der Waals surface area contributed by atoms with Gasteiger partial charge in [0.1, 0.15) is 17.7 Å². The van der Waals surface area contributed by atoms with Gasteiger partial charge in [-0.25, -0.2) is 19.6 Å². The second kappa shape index (κ2) is 19.6. The Morgan fingerprint density at radius 3 is 2.27 bits per heavy atom. The average Bonchev–Trinajstić information content (AvgIpc) is 3.98. The maximum absolute atomic E-state index is 13.6. The number of hydrogen-bond acceptors (Lipinski definition) is 8. The van der Waals surface area contributed by atoms with E-state index in [1.807, 2.05) is 31.0 Å². The van der Waals surface area contributed by atoms with Gasteiger partial charge in [-0.05, 0) is 77.8 Å². The van der Waals surface area contributed by atoms with E-state index in [0.717, 1.165) is 87.9 Å². The van der Waals surface area contributed by atoms with Crippen molar-refractivity contribution in [2.75, 3.05) is 33.9 Å². The Morgan fingerprint density at radius 1 is 0.875 bits per heavy atom. The lowest BCUT2D eigenvalue weighted by Crippen LogP contribution is -2.51. The molecule has 1 saturated heterocycles. The predicted molar refractivity (Wildman–Crippen MR) is 217 cm³/mol. The standard InChI is InChI=1S/C39H46N8O6.C3H8/c1-23(2)35(46-39(51)53-4)37(49)47-17-7-8-32(47)36-44-29-15-14-27(20-30(29)45-36)25-10-11-26-19-28(13-12-24(26)18-25)31-21-41-33(43-31)9-5-6-16-40-34(48)22-42-38(50)52-3;1-3-2/h10-15,18-21,23,32,35H,5-9,16-17,22H2,1-4H3,(H,40,48)(H,41,43)(H,42,50)(H,44,45)(H,46,51);3H2,1-2H3. The summed E-state index contributed by atoms with van der Waals surface area (Å²) in [6.45, 7) is 9.05. The minimum atomic E-state index is -0.685. The van der Waals surface area contributed by atoms with E-state index in [2.05, 4.69) is 98.0 Å². The molecule has 5 N–H and O–H groups in total. The number of fused-ring (bicyclic) bond motifs is 2. The Balaban J connectivity index is 0.00000194. The number of hydrogen-bond donors (Lipinski definition) is 5. The number of nitrogens with one attached hydrogen (secondary N) is 5. The molecule has 14 heteroatoms. The van der Waals surface area contributed by atoms with Gasteiger partial charge in [0.25, 0.3) is 0 Å². The number of alkyl carbamates (subject to hydrolysis) is 2. The predicted octanol–water partition coefficient (Wildman–Crippen LogP) is 7.03. The molecule has 0 bridgehead atoms. The molecule has 0 spiro atoms. The van der Waals surface area contributed by atoms with E-state index in [1.54, 1.807) is 0 Å². The summed E-state index contributed by atoms with van der Waals surface area (Å²) in [4.78, 5) is 66.6. The fourth-order valence-electron chi connectivity index (χ4n) is 6.72. The van der Waals surface area contributed by atoms with Gasteiger partial charge >= 0.3 is 12.2 Å². The van der Waals surface area contributed by atoms with Crippen molar-refractivity contribution in [1.82, 2.24) is 40.8 Å². The molecule has 14 nitrogen and oxygen atoms in total. The highest BCUT2D eigenvalue weighted by atomic mass is 16.5. The third-order valence-corrected chi connectivity index (χ3v) is 9.60. The van der Waals surface area contributed by atoms with Crippen LogP contribution in [0.25, 0.3) is 44.2 Å². The zero-order valence-electron chi connectivity index (χ0n) is 33.2. The molecule has 0 aliphatic carbocycles. The third kappa shape index (κ3) is 10.4. The van der Waals surface area contributed by atoms with Crippen LogP contribution in [0, 0.1) is 5.92 Å². The molecule has 3 aromatic carbocycles. The highest BCUT2D eigenvalue weighted by molar-refractivity contribution is 5.92. The van der Waals surface area contributed by atoms with Crippen LogP contribution < -0.4 is 16.0 Å². The first kappa shape index (κ1) is 41.2. The number of aryl methyl sites for hydroxylation is 1. The molecule has 4 amide bonds. The number of aromatic amines is 2. The molecule has 0 saturated carbocycles. The number of amides is 4. The number of rotatable bonds is 13. The molecule has 1 aliphatic rings. The van der Waals surface area contributed by atoms with Gasteiger partial charge < -0.3 is 40.3 Å². The normalized spacial score (nSPS) is 14.3. The summed E-state index contributed by atoms with van der Waals surface area (Å²) in [5.41, 5.74) is 5.84. The summed E-state index contributed by atoms with van der Waals surface area (Å²) in [5, 5.41) is 10.1. The van der Waals surface area contributed by atoms with Crippen LogP contribution in [0.15, 0.2) is 60.8 Å². The minimum absolute atomic E-state index is 0.102. The number of ether oxygens (including phenoxy) is 2. The van der Waals surface area contributed by atoms with E-state index < -0.39 is 18.2 Å². The van der Waals surface area contributed by atoms with Crippen molar-refractivity contribution in [1.29, 1.82) is 0 Å². The Hall–Kier alpha value is -5.92. The van der Waals surface area contributed by atoms with Gasteiger partial charge in [0.15, 0.2) is 0 Å². The summed E-state index contributed by atoms with van der Waals surface area (Å²) in [5.74, 6) is 1.13. The molecular weight excluding hydrogens is 713 g/mol. The summed E-state index contributed by atoms with van der Waals surface area (Å²) < 4.78 is 9.22. The Morgan fingerprint density at radius 2 is 1.55 bits per heavy atom. The van der Waals surface area contributed by atoms with Crippen molar-refractivity contribution in [3.8, 4) is 22.4 Å². The first-order valence-corrected chi connectivity index (χ1v) is 19.4. The number of unbranched alkanes of at least 4 members (excludes halogenated alkanes) is 1. The molecule has 56 heavy (non-hydrogen) atoms. The molecule has 0 radical (unpaired) electrons. The zero-order valence-corrected chi connectivity index (χ0v) is 33.2. The molecule has 3 heterocycles. The van der Waals surface area contributed by atoms with Crippen LogP contribution in [0.3, 0.4) is 0 Å². The minimum Gasteiger partial charge on any atom is -0.453 e. The van der Waals surface area contributed by atoms with E-state index in [9.17, 15) is 19.2 Å². The van der Waals surface area contributed by atoms with E-state index in [1.165, 1.54) is 20.6 Å². The second-order valence-electron chi connectivity index (χ2n) is 14.3. The van der Waals surface area contributed by atoms with Crippen molar-refractivity contribution >= 4 is 45.8 Å². The first-order valence-electron chi connectivity index (χ1n) is 19.4. The smallest absolute Gasteiger partial charge is 0.407 e. The number of nitrogens with zero attached hydrogens (tertiary/aromatic N) is 3. The monoisotopic (exact) mass is 766 g/mol. The van der Waals surface area contributed by atoms with Crippen LogP contribution in [-0.4, -0.2) is 88.7 Å². The van der Waals surface area contributed by atoms with Crippen molar-refractivity contribution in [3.63, 3.8) is 0 Å². The Labute approximate surface area is 327 Å². The average molecular weight is 767 g/mol. The van der Waals surface area contributed by atoms with E-state index in [0.29, 0.717) is 13.1 Å². The van der Waals surface area contributed by atoms with Gasteiger partial charge in [0.05, 0.1) is 49.7 Å². The van der Waals surface area contributed by atoms with Gasteiger partial charge in [-0.1, -0.05) is 64.4 Å².